The van der Waals surface area contributed by atoms with Gasteiger partial charge in [-0.05, 0) is 31.4 Å². The summed E-state index contributed by atoms with van der Waals surface area (Å²) in [4.78, 5) is 13.9. The van der Waals surface area contributed by atoms with Gasteiger partial charge in [-0.25, -0.2) is 0 Å². The quantitative estimate of drug-likeness (QED) is 0.795. The van der Waals surface area contributed by atoms with Crippen molar-refractivity contribution in [2.45, 2.75) is 43.6 Å². The van der Waals surface area contributed by atoms with Crippen molar-refractivity contribution in [3.8, 4) is 0 Å². The van der Waals surface area contributed by atoms with Crippen LogP contribution in [0.5, 0.6) is 0 Å². The fourth-order valence-corrected chi connectivity index (χ4v) is 3.97. The van der Waals surface area contributed by atoms with Gasteiger partial charge < -0.3 is 14.6 Å². The van der Waals surface area contributed by atoms with Gasteiger partial charge in [0.15, 0.2) is 0 Å². The van der Waals surface area contributed by atoms with Gasteiger partial charge in [-0.15, -0.1) is 16.8 Å². The van der Waals surface area contributed by atoms with E-state index >= 15 is 0 Å². The summed E-state index contributed by atoms with van der Waals surface area (Å²) in [5.74, 6) is 1.97. The average Bonchev–Trinajstić information content (AvgIpc) is 3.15. The van der Waals surface area contributed by atoms with Gasteiger partial charge in [0, 0.05) is 25.4 Å². The van der Waals surface area contributed by atoms with E-state index in [2.05, 4.69) is 46.4 Å². The summed E-state index contributed by atoms with van der Waals surface area (Å²) in [6.45, 7) is 5.95. The molecule has 0 spiro atoms. The van der Waals surface area contributed by atoms with Gasteiger partial charge in [-0.1, -0.05) is 36.4 Å². The van der Waals surface area contributed by atoms with E-state index in [1.54, 1.807) is 6.08 Å². The molecule has 27 heavy (non-hydrogen) atoms. The van der Waals surface area contributed by atoms with Crippen molar-refractivity contribution in [3.63, 3.8) is 0 Å². The SMILES string of the molecule is C=CCCC(=O)N1CC(c2nnc(C3NCCCC3c3ccccc3)o2)C1. The van der Waals surface area contributed by atoms with E-state index in [1.165, 1.54) is 5.56 Å². The molecule has 0 aliphatic carbocycles. The lowest BCUT2D eigenvalue weighted by Gasteiger charge is -2.37. The van der Waals surface area contributed by atoms with Crippen LogP contribution in [-0.2, 0) is 4.79 Å². The summed E-state index contributed by atoms with van der Waals surface area (Å²) < 4.78 is 6.05. The Bertz CT molecular complexity index is 782. The maximum atomic E-state index is 12.0. The fraction of sp³-hybridized carbons (Fsp3) is 0.476. The number of piperidine rings is 1. The van der Waals surface area contributed by atoms with Crippen molar-refractivity contribution in [1.82, 2.24) is 20.4 Å². The van der Waals surface area contributed by atoms with Crippen LogP contribution in [-0.4, -0.2) is 40.6 Å². The minimum Gasteiger partial charge on any atom is -0.423 e. The smallest absolute Gasteiger partial charge is 0.234 e. The van der Waals surface area contributed by atoms with Gasteiger partial charge >= 0.3 is 0 Å². The number of carbonyl (C=O) groups excluding carboxylic acids is 1. The van der Waals surface area contributed by atoms with Crippen LogP contribution in [0, 0.1) is 0 Å². The van der Waals surface area contributed by atoms with Gasteiger partial charge in [0.2, 0.25) is 17.7 Å². The third-order valence-electron chi connectivity index (χ3n) is 5.55. The van der Waals surface area contributed by atoms with Crippen LogP contribution >= 0.6 is 0 Å². The number of benzene rings is 1. The highest BCUT2D eigenvalue weighted by atomic mass is 16.4. The molecule has 1 amide bonds. The van der Waals surface area contributed by atoms with E-state index in [9.17, 15) is 4.79 Å². The lowest BCUT2D eigenvalue weighted by atomic mass is 9.85. The van der Waals surface area contributed by atoms with Crippen LogP contribution in [0.4, 0.5) is 0 Å². The molecule has 6 nitrogen and oxygen atoms in total. The van der Waals surface area contributed by atoms with Gasteiger partial charge in [-0.2, -0.15) is 0 Å². The van der Waals surface area contributed by atoms with Crippen LogP contribution in [0.1, 0.15) is 60.9 Å². The Kier molecular flexibility index (Phi) is 5.34. The van der Waals surface area contributed by atoms with Crippen LogP contribution in [0.25, 0.3) is 0 Å². The number of amides is 1. The van der Waals surface area contributed by atoms with E-state index < -0.39 is 0 Å². The predicted molar refractivity (Wildman–Crippen MR) is 102 cm³/mol. The van der Waals surface area contributed by atoms with Crippen molar-refractivity contribution in [2.24, 2.45) is 0 Å². The fourth-order valence-electron chi connectivity index (χ4n) is 3.97. The summed E-state index contributed by atoms with van der Waals surface area (Å²) >= 11 is 0. The number of hydrogen-bond acceptors (Lipinski definition) is 5. The maximum Gasteiger partial charge on any atom is 0.234 e. The largest absolute Gasteiger partial charge is 0.423 e. The molecule has 2 saturated heterocycles. The number of rotatable bonds is 6. The molecule has 3 heterocycles. The Morgan fingerprint density at radius 3 is 2.81 bits per heavy atom. The number of nitrogens with one attached hydrogen (secondary N) is 1. The topological polar surface area (TPSA) is 71.3 Å². The Hall–Kier alpha value is -2.47. The van der Waals surface area contributed by atoms with Gasteiger partial charge in [0.1, 0.15) is 0 Å². The second-order valence-corrected chi connectivity index (χ2v) is 7.39. The molecular formula is C21H26N4O2. The van der Waals surface area contributed by atoms with Crippen LogP contribution in [0.2, 0.25) is 0 Å². The second kappa shape index (κ2) is 8.05. The van der Waals surface area contributed by atoms with Crippen molar-refractivity contribution in [3.05, 3.63) is 60.3 Å². The number of allylic oxidation sites excluding steroid dienone is 1. The molecule has 4 rings (SSSR count). The highest BCUT2D eigenvalue weighted by molar-refractivity contribution is 5.77. The molecule has 2 aliphatic rings. The lowest BCUT2D eigenvalue weighted by molar-refractivity contribution is -0.135. The van der Waals surface area contributed by atoms with Crippen molar-refractivity contribution < 1.29 is 9.21 Å². The first-order valence-electron chi connectivity index (χ1n) is 9.76. The number of likely N-dealkylation sites (tertiary alicyclic amines) is 1. The molecule has 2 aliphatic heterocycles. The minimum absolute atomic E-state index is 0.0489. The van der Waals surface area contributed by atoms with Crippen molar-refractivity contribution in [1.29, 1.82) is 0 Å². The summed E-state index contributed by atoms with van der Waals surface area (Å²) in [5.41, 5.74) is 1.30. The zero-order valence-corrected chi connectivity index (χ0v) is 15.5. The van der Waals surface area contributed by atoms with Crippen LogP contribution in [0.3, 0.4) is 0 Å². The summed E-state index contributed by atoms with van der Waals surface area (Å²) in [6, 6.07) is 10.6. The standard InChI is InChI=1S/C21H26N4O2/c1-2-3-11-18(26)25-13-16(14-25)20-23-24-21(27-20)19-17(10-7-12-22-19)15-8-5-4-6-9-15/h2,4-6,8-9,16-17,19,22H,1,3,7,10-14H2. The molecule has 2 fully saturated rings. The second-order valence-electron chi connectivity index (χ2n) is 7.39. The van der Waals surface area contributed by atoms with Crippen molar-refractivity contribution >= 4 is 5.91 Å². The van der Waals surface area contributed by atoms with Crippen molar-refractivity contribution in [2.75, 3.05) is 19.6 Å². The Balaban J connectivity index is 1.42. The van der Waals surface area contributed by atoms with E-state index in [1.807, 2.05) is 11.0 Å². The monoisotopic (exact) mass is 366 g/mol. The third kappa shape index (κ3) is 3.81. The summed E-state index contributed by atoms with van der Waals surface area (Å²) in [6.07, 6.45) is 5.27. The van der Waals surface area contributed by atoms with E-state index in [4.69, 9.17) is 4.42 Å². The predicted octanol–water partition coefficient (Wildman–Crippen LogP) is 3.17. The Morgan fingerprint density at radius 2 is 2.04 bits per heavy atom. The van der Waals surface area contributed by atoms with Gasteiger partial charge in [0.05, 0.1) is 12.0 Å². The summed E-state index contributed by atoms with van der Waals surface area (Å²) in [7, 11) is 0. The Labute approximate surface area is 159 Å². The molecule has 0 saturated carbocycles. The highest BCUT2D eigenvalue weighted by Gasteiger charge is 2.37. The number of carbonyl (C=O) groups is 1. The van der Waals surface area contributed by atoms with Crippen LogP contribution in [0.15, 0.2) is 47.4 Å². The molecule has 142 valence electrons. The third-order valence-corrected chi connectivity index (χ3v) is 5.55. The number of aromatic nitrogens is 2. The molecule has 6 heteroatoms. The first-order chi connectivity index (χ1) is 13.3. The molecule has 1 N–H and O–H groups in total. The molecular weight excluding hydrogens is 340 g/mol. The minimum atomic E-state index is 0.0489. The molecule has 2 atom stereocenters. The first-order valence-corrected chi connectivity index (χ1v) is 9.76. The zero-order valence-electron chi connectivity index (χ0n) is 15.5. The first kappa shape index (κ1) is 17.9. The molecule has 2 unspecified atom stereocenters. The van der Waals surface area contributed by atoms with E-state index in [-0.39, 0.29) is 17.9 Å². The van der Waals surface area contributed by atoms with Gasteiger partial charge in [0.25, 0.3) is 0 Å². The average molecular weight is 366 g/mol. The highest BCUT2D eigenvalue weighted by Crippen LogP contribution is 2.37. The molecule has 0 radical (unpaired) electrons. The van der Waals surface area contributed by atoms with E-state index in [0.717, 1.165) is 25.8 Å². The number of hydrogen-bond donors (Lipinski definition) is 1. The molecule has 1 aromatic carbocycles. The zero-order chi connectivity index (χ0) is 18.6. The normalized spacial score (nSPS) is 23.0. The maximum absolute atomic E-state index is 12.0. The Morgan fingerprint density at radius 1 is 1.26 bits per heavy atom. The van der Waals surface area contributed by atoms with E-state index in [0.29, 0.717) is 37.2 Å². The molecule has 1 aromatic heterocycles. The molecule has 2 aromatic rings. The summed E-state index contributed by atoms with van der Waals surface area (Å²) in [5, 5.41) is 12.2. The van der Waals surface area contributed by atoms with Gasteiger partial charge in [-0.3, -0.25) is 4.79 Å². The molecule has 0 bridgehead atoms. The number of nitrogens with zero attached hydrogens (tertiary/aromatic N) is 3. The van der Waals surface area contributed by atoms with Crippen LogP contribution < -0.4 is 5.32 Å². The lowest BCUT2D eigenvalue weighted by Crippen LogP contribution is -2.48.